The van der Waals surface area contributed by atoms with Gasteiger partial charge in [-0.1, -0.05) is 12.1 Å². The molecule has 1 saturated heterocycles. The molecule has 10 heteroatoms. The molecule has 170 valence electrons. The number of anilines is 1. The quantitative estimate of drug-likeness (QED) is 0.297. The van der Waals surface area contributed by atoms with Crippen LogP contribution in [0.15, 0.2) is 29.3 Å². The van der Waals surface area contributed by atoms with Crippen molar-refractivity contribution in [1.82, 2.24) is 15.5 Å². The fraction of sp³-hybridized carbons (Fsp3) is 0.600. The van der Waals surface area contributed by atoms with E-state index in [4.69, 9.17) is 0 Å². The monoisotopic (exact) mass is 551 g/mol. The standard InChI is InChI=1S/C20H33N5O3S.HI/c1-6-21-18(25-11-12-29(27,28)20(4,5)14-25)22-13-16-7-9-17(10-8-16)24-19(26)23-15(2)3;/h7-10,15H,6,11-14H2,1-5H3,(H,21,22)(H2,23,24,26);1H. The highest BCUT2D eigenvalue weighted by Gasteiger charge is 2.40. The third-order valence-electron chi connectivity index (χ3n) is 4.72. The third-order valence-corrected chi connectivity index (χ3v) is 7.25. The molecule has 1 aromatic rings. The van der Waals surface area contributed by atoms with Gasteiger partial charge in [-0.2, -0.15) is 0 Å². The molecule has 8 nitrogen and oxygen atoms in total. The lowest BCUT2D eigenvalue weighted by Gasteiger charge is -2.39. The van der Waals surface area contributed by atoms with Crippen LogP contribution in [0.5, 0.6) is 0 Å². The molecule has 0 radical (unpaired) electrons. The number of hydrogen-bond acceptors (Lipinski definition) is 4. The van der Waals surface area contributed by atoms with Crippen molar-refractivity contribution in [1.29, 1.82) is 0 Å². The van der Waals surface area contributed by atoms with Gasteiger partial charge >= 0.3 is 6.03 Å². The van der Waals surface area contributed by atoms with Crippen LogP contribution in [-0.2, 0) is 16.4 Å². The first-order chi connectivity index (χ1) is 13.5. The Morgan fingerprint density at radius 1 is 1.23 bits per heavy atom. The van der Waals surface area contributed by atoms with Gasteiger partial charge in [0.2, 0.25) is 0 Å². The summed E-state index contributed by atoms with van der Waals surface area (Å²) >= 11 is 0. The summed E-state index contributed by atoms with van der Waals surface area (Å²) in [6.07, 6.45) is 0. The van der Waals surface area contributed by atoms with Crippen molar-refractivity contribution in [3.05, 3.63) is 29.8 Å². The molecule has 1 heterocycles. The number of sulfone groups is 1. The molecule has 0 spiro atoms. The number of hydrogen-bond donors (Lipinski definition) is 3. The molecule has 30 heavy (non-hydrogen) atoms. The molecule has 0 aromatic heterocycles. The average molecular weight is 551 g/mol. The Kier molecular flexibility index (Phi) is 9.86. The van der Waals surface area contributed by atoms with Gasteiger partial charge in [-0.25, -0.2) is 18.2 Å². The number of benzene rings is 1. The van der Waals surface area contributed by atoms with Crippen LogP contribution in [0, 0.1) is 0 Å². The molecule has 2 rings (SSSR count). The van der Waals surface area contributed by atoms with Gasteiger partial charge < -0.3 is 20.9 Å². The molecule has 0 saturated carbocycles. The summed E-state index contributed by atoms with van der Waals surface area (Å²) in [5.74, 6) is 0.845. The summed E-state index contributed by atoms with van der Waals surface area (Å²) in [7, 11) is -3.10. The first-order valence-electron chi connectivity index (χ1n) is 9.96. The number of urea groups is 1. The zero-order chi connectivity index (χ0) is 21.7. The maximum absolute atomic E-state index is 12.3. The Morgan fingerprint density at radius 3 is 2.40 bits per heavy atom. The minimum Gasteiger partial charge on any atom is -0.357 e. The molecule has 0 unspecified atom stereocenters. The minimum atomic E-state index is -3.10. The molecule has 1 fully saturated rings. The normalized spacial score (nSPS) is 17.8. The molecule has 2 amide bonds. The van der Waals surface area contributed by atoms with Crippen LogP contribution >= 0.6 is 24.0 Å². The fourth-order valence-electron chi connectivity index (χ4n) is 3.04. The number of amides is 2. The number of nitrogens with one attached hydrogen (secondary N) is 3. The Labute approximate surface area is 197 Å². The largest absolute Gasteiger partial charge is 0.357 e. The molecule has 1 aliphatic heterocycles. The van der Waals surface area contributed by atoms with E-state index < -0.39 is 14.6 Å². The van der Waals surface area contributed by atoms with Crippen LogP contribution in [0.3, 0.4) is 0 Å². The summed E-state index contributed by atoms with van der Waals surface area (Å²) in [5, 5.41) is 8.83. The molecule has 1 aliphatic rings. The van der Waals surface area contributed by atoms with E-state index in [0.29, 0.717) is 37.8 Å². The number of carbonyl (C=O) groups excluding carboxylic acids is 1. The smallest absolute Gasteiger partial charge is 0.319 e. The number of halogens is 1. The number of rotatable bonds is 5. The van der Waals surface area contributed by atoms with E-state index in [-0.39, 0.29) is 41.8 Å². The summed E-state index contributed by atoms with van der Waals surface area (Å²) in [6.45, 7) is 11.3. The lowest BCUT2D eigenvalue weighted by atomic mass is 10.2. The second-order valence-electron chi connectivity index (χ2n) is 8.12. The molecule has 0 aliphatic carbocycles. The van der Waals surface area contributed by atoms with Gasteiger partial charge in [-0.05, 0) is 52.3 Å². The Balaban J connectivity index is 0.00000450. The van der Waals surface area contributed by atoms with Gasteiger partial charge in [-0.15, -0.1) is 24.0 Å². The molecule has 1 aromatic carbocycles. The van der Waals surface area contributed by atoms with Gasteiger partial charge in [0.15, 0.2) is 15.8 Å². The van der Waals surface area contributed by atoms with E-state index in [0.717, 1.165) is 5.56 Å². The molecular weight excluding hydrogens is 517 g/mol. The second kappa shape index (κ2) is 11.2. The Hall–Kier alpha value is -1.56. The Bertz CT molecular complexity index is 839. The fourth-order valence-corrected chi connectivity index (χ4v) is 4.41. The van der Waals surface area contributed by atoms with Crippen LogP contribution in [-0.4, -0.2) is 61.5 Å². The lowest BCUT2D eigenvalue weighted by molar-refractivity contribution is 0.250. The molecule has 0 bridgehead atoms. The predicted octanol–water partition coefficient (Wildman–Crippen LogP) is 2.81. The molecular formula is C20H34IN5O3S. The zero-order valence-corrected chi connectivity index (χ0v) is 21.5. The molecule has 3 N–H and O–H groups in total. The third kappa shape index (κ3) is 7.29. The van der Waals surface area contributed by atoms with Crippen molar-refractivity contribution in [3.8, 4) is 0 Å². The van der Waals surface area contributed by atoms with Crippen LogP contribution < -0.4 is 16.0 Å². The van der Waals surface area contributed by atoms with Crippen molar-refractivity contribution in [2.75, 3.05) is 30.7 Å². The minimum absolute atomic E-state index is 0. The van der Waals surface area contributed by atoms with Gasteiger partial charge in [0, 0.05) is 31.4 Å². The summed E-state index contributed by atoms with van der Waals surface area (Å²) in [4.78, 5) is 18.5. The van der Waals surface area contributed by atoms with Gasteiger partial charge in [0.1, 0.15) is 0 Å². The first-order valence-corrected chi connectivity index (χ1v) is 11.6. The van der Waals surface area contributed by atoms with Gasteiger partial charge in [0.05, 0.1) is 17.0 Å². The first kappa shape index (κ1) is 26.5. The number of carbonyl (C=O) groups is 1. The van der Waals surface area contributed by atoms with Gasteiger partial charge in [-0.3, -0.25) is 0 Å². The maximum atomic E-state index is 12.3. The van der Waals surface area contributed by atoms with Gasteiger partial charge in [0.25, 0.3) is 0 Å². The van der Waals surface area contributed by atoms with Crippen molar-refractivity contribution in [2.45, 2.75) is 52.0 Å². The number of aliphatic imine (C=N–C) groups is 1. The summed E-state index contributed by atoms with van der Waals surface area (Å²) in [5.41, 5.74) is 1.71. The van der Waals surface area contributed by atoms with E-state index in [1.807, 2.05) is 49.9 Å². The van der Waals surface area contributed by atoms with E-state index >= 15 is 0 Å². The highest BCUT2D eigenvalue weighted by molar-refractivity contribution is 14.0. The van der Waals surface area contributed by atoms with Crippen LogP contribution in [0.2, 0.25) is 0 Å². The van der Waals surface area contributed by atoms with Crippen molar-refractivity contribution in [3.63, 3.8) is 0 Å². The average Bonchev–Trinajstić information content (AvgIpc) is 2.61. The van der Waals surface area contributed by atoms with Crippen LogP contribution in [0.4, 0.5) is 10.5 Å². The predicted molar refractivity (Wildman–Crippen MR) is 133 cm³/mol. The maximum Gasteiger partial charge on any atom is 0.319 e. The van der Waals surface area contributed by atoms with Crippen LogP contribution in [0.1, 0.15) is 40.2 Å². The number of nitrogens with zero attached hydrogens (tertiary/aromatic N) is 2. The molecule has 0 atom stereocenters. The van der Waals surface area contributed by atoms with Crippen molar-refractivity contribution >= 4 is 51.5 Å². The van der Waals surface area contributed by atoms with E-state index in [2.05, 4.69) is 20.9 Å². The number of guanidine groups is 1. The topological polar surface area (TPSA) is 103 Å². The summed E-state index contributed by atoms with van der Waals surface area (Å²) in [6, 6.07) is 7.36. The van der Waals surface area contributed by atoms with E-state index in [1.54, 1.807) is 13.8 Å². The lowest BCUT2D eigenvalue weighted by Crippen LogP contribution is -2.57. The summed E-state index contributed by atoms with van der Waals surface area (Å²) < 4.78 is 23.7. The van der Waals surface area contributed by atoms with Crippen molar-refractivity contribution < 1.29 is 13.2 Å². The van der Waals surface area contributed by atoms with Crippen LogP contribution in [0.25, 0.3) is 0 Å². The van der Waals surface area contributed by atoms with E-state index in [9.17, 15) is 13.2 Å². The SMILES string of the molecule is CCNC(=NCc1ccc(NC(=O)NC(C)C)cc1)N1CCS(=O)(=O)C(C)(C)C1.I. The zero-order valence-electron chi connectivity index (χ0n) is 18.4. The van der Waals surface area contributed by atoms with E-state index in [1.165, 1.54) is 0 Å². The van der Waals surface area contributed by atoms with Crippen molar-refractivity contribution in [2.24, 2.45) is 4.99 Å². The highest BCUT2D eigenvalue weighted by atomic mass is 127. The highest BCUT2D eigenvalue weighted by Crippen LogP contribution is 2.23. The Morgan fingerprint density at radius 2 is 1.87 bits per heavy atom. The second-order valence-corrected chi connectivity index (χ2v) is 10.9.